The lowest BCUT2D eigenvalue weighted by molar-refractivity contribution is -0.148. The average Bonchev–Trinajstić information content (AvgIpc) is 3.11. The Hall–Kier alpha value is -0.910. The van der Waals surface area contributed by atoms with Gasteiger partial charge in [-0.2, -0.15) is 5.53 Å². The maximum absolute atomic E-state index is 12.5. The molecule has 0 radical (unpaired) electrons. The third-order valence-electron chi connectivity index (χ3n) is 5.73. The second kappa shape index (κ2) is 8.45. The van der Waals surface area contributed by atoms with E-state index >= 15 is 0 Å². The molecule has 1 aliphatic carbocycles. The molecule has 5 nitrogen and oxygen atoms in total. The van der Waals surface area contributed by atoms with Crippen molar-refractivity contribution >= 4 is 5.97 Å². The first kappa shape index (κ1) is 17.9. The largest absolute Gasteiger partial charge is 0.465 e. The molecule has 3 rings (SSSR count). The lowest BCUT2D eigenvalue weighted by Crippen LogP contribution is -2.57. The Morgan fingerprint density at radius 1 is 1.21 bits per heavy atom. The topological polar surface area (TPSA) is 53.6 Å². The van der Waals surface area contributed by atoms with Crippen molar-refractivity contribution in [3.05, 3.63) is 12.2 Å². The minimum atomic E-state index is -0.570. The van der Waals surface area contributed by atoms with E-state index in [0.717, 1.165) is 19.4 Å². The summed E-state index contributed by atoms with van der Waals surface area (Å²) >= 11 is 0. The third-order valence-corrected chi connectivity index (χ3v) is 5.73. The summed E-state index contributed by atoms with van der Waals surface area (Å²) in [6, 6.07) is 0.592. The van der Waals surface area contributed by atoms with Gasteiger partial charge in [-0.15, -0.1) is 0 Å². The van der Waals surface area contributed by atoms with Gasteiger partial charge in [-0.05, 0) is 45.4 Å². The van der Waals surface area contributed by atoms with Crippen LogP contribution in [0.4, 0.5) is 0 Å². The maximum Gasteiger partial charge on any atom is 0.328 e. The molecule has 2 fully saturated rings. The molecule has 0 spiro atoms. The molecule has 1 saturated heterocycles. The van der Waals surface area contributed by atoms with E-state index in [-0.39, 0.29) is 11.9 Å². The molecule has 0 bridgehead atoms. The molecular formula is C19H33N3O2. The number of carbonyl (C=O) groups is 1. The minimum absolute atomic E-state index is 0.118. The smallest absolute Gasteiger partial charge is 0.328 e. The van der Waals surface area contributed by atoms with Crippen LogP contribution in [0.1, 0.15) is 71.1 Å². The molecule has 0 aromatic carbocycles. The van der Waals surface area contributed by atoms with Crippen molar-refractivity contribution in [2.24, 2.45) is 5.92 Å². The summed E-state index contributed by atoms with van der Waals surface area (Å²) < 4.78 is 5.33. The predicted octanol–water partition coefficient (Wildman–Crippen LogP) is 3.08. The van der Waals surface area contributed by atoms with Gasteiger partial charge in [-0.3, -0.25) is 0 Å². The van der Waals surface area contributed by atoms with E-state index in [1.54, 1.807) is 0 Å². The molecule has 2 aliphatic heterocycles. The summed E-state index contributed by atoms with van der Waals surface area (Å²) in [6.07, 6.45) is 16.7. The van der Waals surface area contributed by atoms with Crippen molar-refractivity contribution in [1.82, 2.24) is 16.0 Å². The van der Waals surface area contributed by atoms with Gasteiger partial charge in [0.25, 0.3) is 0 Å². The number of allylic oxidation sites excluding steroid dienone is 1. The van der Waals surface area contributed by atoms with Crippen molar-refractivity contribution in [3.8, 4) is 0 Å². The van der Waals surface area contributed by atoms with Gasteiger partial charge in [0.1, 0.15) is 5.54 Å². The van der Waals surface area contributed by atoms with Gasteiger partial charge in [0, 0.05) is 18.5 Å². The number of hydrogen-bond donors (Lipinski definition) is 2. The zero-order chi connectivity index (χ0) is 16.8. The third kappa shape index (κ3) is 4.19. The molecule has 0 amide bonds. The molecule has 2 heterocycles. The Bertz CT molecular complexity index is 454. The van der Waals surface area contributed by atoms with Crippen molar-refractivity contribution < 1.29 is 9.53 Å². The highest BCUT2D eigenvalue weighted by Gasteiger charge is 2.60. The van der Waals surface area contributed by atoms with Gasteiger partial charge in [-0.1, -0.05) is 37.8 Å². The second-order valence-corrected chi connectivity index (χ2v) is 7.50. The Morgan fingerprint density at radius 3 is 2.88 bits per heavy atom. The molecular weight excluding hydrogens is 302 g/mol. The molecule has 2 N–H and O–H groups in total. The normalized spacial score (nSPS) is 36.7. The summed E-state index contributed by atoms with van der Waals surface area (Å²) in [5, 5.41) is 2.31. The highest BCUT2D eigenvalue weighted by atomic mass is 16.5. The fourth-order valence-corrected chi connectivity index (χ4v) is 4.10. The van der Waals surface area contributed by atoms with Crippen LogP contribution in [-0.2, 0) is 9.53 Å². The Morgan fingerprint density at radius 2 is 2.00 bits per heavy atom. The molecule has 24 heavy (non-hydrogen) atoms. The number of nitrogens with zero attached hydrogens (tertiary/aromatic N) is 1. The number of fused-ring (bicyclic) bond motifs is 2. The standard InChI is InChI=1S/C19H33N3O2/c1-2-24-18(23)19-15-16(19)11-8-6-4-3-5-7-9-12-17-13-10-14-22(17)21-20-19/h8,11,16-17,20-21H,2-7,9-10,12-15H2,1H3/b11-8-. The molecule has 3 unspecified atom stereocenters. The summed E-state index contributed by atoms with van der Waals surface area (Å²) in [5.74, 6) is 0.127. The van der Waals surface area contributed by atoms with E-state index in [1.807, 2.05) is 6.92 Å². The number of hydrazine groups is 2. The van der Waals surface area contributed by atoms with Crippen molar-refractivity contribution in [2.45, 2.75) is 82.7 Å². The van der Waals surface area contributed by atoms with Crippen LogP contribution in [0, 0.1) is 5.92 Å². The first-order valence-corrected chi connectivity index (χ1v) is 9.89. The van der Waals surface area contributed by atoms with Gasteiger partial charge in [-0.25, -0.2) is 15.2 Å². The van der Waals surface area contributed by atoms with Crippen molar-refractivity contribution in [3.63, 3.8) is 0 Å². The highest BCUT2D eigenvalue weighted by Crippen LogP contribution is 2.45. The lowest BCUT2D eigenvalue weighted by atomic mass is 10.0. The Balaban J connectivity index is 1.66. The lowest BCUT2D eigenvalue weighted by Gasteiger charge is -2.28. The van der Waals surface area contributed by atoms with Crippen LogP contribution in [0.15, 0.2) is 12.2 Å². The van der Waals surface area contributed by atoms with E-state index in [4.69, 9.17) is 4.74 Å². The monoisotopic (exact) mass is 335 g/mol. The number of esters is 1. The number of ether oxygens (including phenoxy) is 1. The molecule has 0 aromatic heterocycles. The Labute approximate surface area is 146 Å². The fraction of sp³-hybridized carbons (Fsp3) is 0.842. The molecule has 0 aromatic rings. The molecule has 1 saturated carbocycles. The van der Waals surface area contributed by atoms with Crippen LogP contribution in [0.5, 0.6) is 0 Å². The number of rotatable bonds is 2. The van der Waals surface area contributed by atoms with E-state index in [2.05, 4.69) is 28.1 Å². The maximum atomic E-state index is 12.5. The number of nitrogens with one attached hydrogen (secondary N) is 2. The van der Waals surface area contributed by atoms with E-state index < -0.39 is 5.54 Å². The van der Waals surface area contributed by atoms with Crippen LogP contribution in [-0.4, -0.2) is 35.7 Å². The first-order chi connectivity index (χ1) is 11.8. The number of hydrogen-bond acceptors (Lipinski definition) is 5. The average molecular weight is 335 g/mol. The summed E-state index contributed by atoms with van der Waals surface area (Å²) in [7, 11) is 0. The van der Waals surface area contributed by atoms with Gasteiger partial charge in [0.2, 0.25) is 0 Å². The predicted molar refractivity (Wildman–Crippen MR) is 94.9 cm³/mol. The van der Waals surface area contributed by atoms with Crippen LogP contribution in [0.2, 0.25) is 0 Å². The van der Waals surface area contributed by atoms with E-state index in [1.165, 1.54) is 51.4 Å². The van der Waals surface area contributed by atoms with Crippen molar-refractivity contribution in [2.75, 3.05) is 13.2 Å². The molecule has 3 atom stereocenters. The second-order valence-electron chi connectivity index (χ2n) is 7.50. The molecule has 3 aliphatic rings. The summed E-state index contributed by atoms with van der Waals surface area (Å²) in [5.41, 5.74) is 6.15. The minimum Gasteiger partial charge on any atom is -0.465 e. The van der Waals surface area contributed by atoms with Gasteiger partial charge >= 0.3 is 5.97 Å². The fourth-order valence-electron chi connectivity index (χ4n) is 4.10. The van der Waals surface area contributed by atoms with Crippen LogP contribution >= 0.6 is 0 Å². The highest BCUT2D eigenvalue weighted by molar-refractivity contribution is 5.85. The van der Waals surface area contributed by atoms with Crippen LogP contribution in [0.3, 0.4) is 0 Å². The molecule has 136 valence electrons. The summed E-state index contributed by atoms with van der Waals surface area (Å²) in [4.78, 5) is 12.5. The molecule has 5 heteroatoms. The van der Waals surface area contributed by atoms with E-state index in [9.17, 15) is 4.79 Å². The quantitative estimate of drug-likeness (QED) is 0.600. The van der Waals surface area contributed by atoms with Gasteiger partial charge in [0.05, 0.1) is 6.61 Å². The van der Waals surface area contributed by atoms with Crippen LogP contribution < -0.4 is 11.0 Å². The zero-order valence-corrected chi connectivity index (χ0v) is 15.1. The summed E-state index contributed by atoms with van der Waals surface area (Å²) in [6.45, 7) is 3.36. The zero-order valence-electron chi connectivity index (χ0n) is 15.1. The number of carbonyl (C=O) groups excluding carboxylic acids is 1. The first-order valence-electron chi connectivity index (χ1n) is 9.89. The van der Waals surface area contributed by atoms with Crippen molar-refractivity contribution in [1.29, 1.82) is 0 Å². The van der Waals surface area contributed by atoms with Gasteiger partial charge in [0.15, 0.2) is 0 Å². The van der Waals surface area contributed by atoms with Gasteiger partial charge < -0.3 is 4.74 Å². The van der Waals surface area contributed by atoms with Crippen LogP contribution in [0.25, 0.3) is 0 Å². The SMILES string of the molecule is CCOC(=O)C12CC1/C=C\CCCCCCCC1CCCN1NN2. The Kier molecular flexibility index (Phi) is 6.31. The van der Waals surface area contributed by atoms with E-state index in [0.29, 0.717) is 12.6 Å².